The molecule has 2 N–H and O–H groups in total. The highest BCUT2D eigenvalue weighted by Crippen LogP contribution is 2.31. The Morgan fingerprint density at radius 3 is 2.71 bits per heavy atom. The number of fused-ring (bicyclic) bond motifs is 1. The van der Waals surface area contributed by atoms with Crippen molar-refractivity contribution in [1.82, 2.24) is 19.9 Å². The van der Waals surface area contributed by atoms with E-state index in [1.54, 1.807) is 6.92 Å². The van der Waals surface area contributed by atoms with Crippen molar-refractivity contribution in [3.8, 4) is 0 Å². The maximum atomic E-state index is 15.1. The molecule has 1 aliphatic carbocycles. The molecule has 9 nitrogen and oxygen atoms in total. The summed E-state index contributed by atoms with van der Waals surface area (Å²) >= 11 is 0. The van der Waals surface area contributed by atoms with E-state index < -0.39 is 27.3 Å². The first kappa shape index (κ1) is 24.6. The molecule has 1 aromatic carbocycles. The van der Waals surface area contributed by atoms with E-state index in [0.29, 0.717) is 17.9 Å². The van der Waals surface area contributed by atoms with Gasteiger partial charge in [0.25, 0.3) is 0 Å². The van der Waals surface area contributed by atoms with E-state index in [2.05, 4.69) is 48.0 Å². The van der Waals surface area contributed by atoms with Crippen LogP contribution in [0.25, 0.3) is 11.0 Å². The molecule has 1 unspecified atom stereocenters. The van der Waals surface area contributed by atoms with Crippen molar-refractivity contribution in [1.29, 1.82) is 0 Å². The SMILES string of the molecule is CCCS(=O)(=O)Nc1ccc(F)c(Nc2ncnc3cnc(N=C4C=CC(CC)CC4)nc23)c1F. The first-order valence-corrected chi connectivity index (χ1v) is 12.9. The normalized spacial score (nSPS) is 17.1. The Morgan fingerprint density at radius 2 is 2.00 bits per heavy atom. The van der Waals surface area contributed by atoms with Crippen LogP contribution in [-0.2, 0) is 10.0 Å². The van der Waals surface area contributed by atoms with E-state index in [4.69, 9.17) is 0 Å². The lowest BCUT2D eigenvalue weighted by Gasteiger charge is -2.15. The van der Waals surface area contributed by atoms with E-state index in [-0.39, 0.29) is 28.7 Å². The zero-order valence-corrected chi connectivity index (χ0v) is 20.1. The number of hydrogen-bond donors (Lipinski definition) is 2. The van der Waals surface area contributed by atoms with E-state index >= 15 is 4.39 Å². The average Bonchev–Trinajstić information content (AvgIpc) is 2.84. The second-order valence-electron chi connectivity index (χ2n) is 8.13. The van der Waals surface area contributed by atoms with Crippen molar-refractivity contribution in [3.05, 3.63) is 48.4 Å². The number of benzene rings is 1. The maximum absolute atomic E-state index is 15.1. The number of halogens is 2. The number of aromatic nitrogens is 4. The van der Waals surface area contributed by atoms with Gasteiger partial charge in [-0.3, -0.25) is 4.72 Å². The van der Waals surface area contributed by atoms with Gasteiger partial charge in [-0.2, -0.15) is 0 Å². The van der Waals surface area contributed by atoms with Crippen molar-refractivity contribution < 1.29 is 17.2 Å². The molecule has 0 bridgehead atoms. The molecule has 35 heavy (non-hydrogen) atoms. The average molecular weight is 502 g/mol. The summed E-state index contributed by atoms with van der Waals surface area (Å²) < 4.78 is 56.0. The summed E-state index contributed by atoms with van der Waals surface area (Å²) in [5.41, 5.74) is 0.441. The smallest absolute Gasteiger partial charge is 0.250 e. The van der Waals surface area contributed by atoms with Crippen molar-refractivity contribution in [2.45, 2.75) is 39.5 Å². The van der Waals surface area contributed by atoms with Gasteiger partial charge in [0.1, 0.15) is 28.9 Å². The van der Waals surface area contributed by atoms with Crippen LogP contribution in [0, 0.1) is 17.6 Å². The van der Waals surface area contributed by atoms with Gasteiger partial charge in [-0.1, -0.05) is 19.9 Å². The van der Waals surface area contributed by atoms with E-state index in [0.717, 1.165) is 37.1 Å². The number of allylic oxidation sites excluding steroid dienone is 2. The molecule has 0 fully saturated rings. The first-order valence-electron chi connectivity index (χ1n) is 11.3. The Morgan fingerprint density at radius 1 is 1.17 bits per heavy atom. The molecule has 1 atom stereocenters. The summed E-state index contributed by atoms with van der Waals surface area (Å²) in [5.74, 6) is -1.51. The van der Waals surface area contributed by atoms with Crippen LogP contribution < -0.4 is 10.0 Å². The van der Waals surface area contributed by atoms with Gasteiger partial charge in [0, 0.05) is 5.71 Å². The predicted molar refractivity (Wildman–Crippen MR) is 132 cm³/mol. The number of hydrogen-bond acceptors (Lipinski definition) is 8. The van der Waals surface area contributed by atoms with Crippen molar-refractivity contribution in [2.24, 2.45) is 10.9 Å². The second-order valence-corrected chi connectivity index (χ2v) is 9.97. The highest BCUT2D eigenvalue weighted by molar-refractivity contribution is 7.92. The molecule has 12 heteroatoms. The Labute approximate surface area is 201 Å². The van der Waals surface area contributed by atoms with Gasteiger partial charge in [0.05, 0.1) is 17.6 Å². The molecule has 0 amide bonds. The number of anilines is 3. The van der Waals surface area contributed by atoms with Crippen LogP contribution in [0.5, 0.6) is 0 Å². The van der Waals surface area contributed by atoms with Crippen molar-refractivity contribution in [3.63, 3.8) is 0 Å². The Balaban J connectivity index is 1.68. The van der Waals surface area contributed by atoms with Crippen LogP contribution in [0.3, 0.4) is 0 Å². The third-order valence-corrected chi connectivity index (χ3v) is 7.01. The summed E-state index contributed by atoms with van der Waals surface area (Å²) in [7, 11) is -3.78. The molecule has 0 aliphatic heterocycles. The molecule has 0 saturated heterocycles. The summed E-state index contributed by atoms with van der Waals surface area (Å²) in [6.45, 7) is 3.82. The predicted octanol–water partition coefficient (Wildman–Crippen LogP) is 5.04. The van der Waals surface area contributed by atoms with E-state index in [1.165, 1.54) is 12.5 Å². The first-order chi connectivity index (χ1) is 16.8. The molecule has 0 spiro atoms. The van der Waals surface area contributed by atoms with Crippen LogP contribution in [-0.4, -0.2) is 39.8 Å². The van der Waals surface area contributed by atoms with Crippen LogP contribution in [0.2, 0.25) is 0 Å². The fourth-order valence-corrected chi connectivity index (χ4v) is 4.80. The molecule has 1 aliphatic rings. The third-order valence-electron chi connectivity index (χ3n) is 5.54. The Kier molecular flexibility index (Phi) is 7.29. The van der Waals surface area contributed by atoms with Crippen LogP contribution >= 0.6 is 0 Å². The number of nitrogens with zero attached hydrogens (tertiary/aromatic N) is 5. The molecular formula is C23H25F2N7O2S. The minimum Gasteiger partial charge on any atom is -0.333 e. The number of nitrogens with one attached hydrogen (secondary N) is 2. The summed E-state index contributed by atoms with van der Waals surface area (Å²) in [6, 6.07) is 1.99. The fourth-order valence-electron chi connectivity index (χ4n) is 3.66. The van der Waals surface area contributed by atoms with Crippen LogP contribution in [0.4, 0.5) is 31.9 Å². The van der Waals surface area contributed by atoms with E-state index in [9.17, 15) is 12.8 Å². The van der Waals surface area contributed by atoms with Gasteiger partial charge in [-0.25, -0.2) is 42.1 Å². The molecule has 3 aromatic rings. The number of rotatable bonds is 8. The Hall–Kier alpha value is -3.54. The topological polar surface area (TPSA) is 122 Å². The fraction of sp³-hybridized carbons (Fsp3) is 0.348. The molecule has 2 heterocycles. The summed E-state index contributed by atoms with van der Waals surface area (Å²) in [6.07, 6.45) is 9.94. The summed E-state index contributed by atoms with van der Waals surface area (Å²) in [5, 5.41) is 2.60. The van der Waals surface area contributed by atoms with Gasteiger partial charge in [0.15, 0.2) is 11.6 Å². The van der Waals surface area contributed by atoms with Gasteiger partial charge in [0.2, 0.25) is 16.0 Å². The third kappa shape index (κ3) is 5.76. The minimum atomic E-state index is -3.78. The monoisotopic (exact) mass is 501 g/mol. The van der Waals surface area contributed by atoms with Gasteiger partial charge < -0.3 is 5.32 Å². The Bertz CT molecular complexity index is 1410. The minimum absolute atomic E-state index is 0.0236. The molecule has 0 radical (unpaired) electrons. The van der Waals surface area contributed by atoms with Gasteiger partial charge >= 0.3 is 0 Å². The van der Waals surface area contributed by atoms with Crippen molar-refractivity contribution >= 4 is 49.9 Å². The molecular weight excluding hydrogens is 476 g/mol. The highest BCUT2D eigenvalue weighted by Gasteiger charge is 2.20. The molecule has 0 saturated carbocycles. The number of aliphatic imine (C=N–C) groups is 1. The molecule has 4 rings (SSSR count). The molecule has 184 valence electrons. The zero-order chi connectivity index (χ0) is 25.0. The molecule has 2 aromatic heterocycles. The maximum Gasteiger partial charge on any atom is 0.250 e. The second kappa shape index (κ2) is 10.4. The van der Waals surface area contributed by atoms with E-state index in [1.807, 2.05) is 6.08 Å². The lowest BCUT2D eigenvalue weighted by atomic mass is 9.93. The van der Waals surface area contributed by atoms with Gasteiger partial charge in [-0.05, 0) is 49.8 Å². The lowest BCUT2D eigenvalue weighted by Crippen LogP contribution is -2.17. The number of sulfonamides is 1. The lowest BCUT2D eigenvalue weighted by molar-refractivity contribution is 0.579. The highest BCUT2D eigenvalue weighted by atomic mass is 32.2. The summed E-state index contributed by atoms with van der Waals surface area (Å²) in [4.78, 5) is 21.3. The standard InChI is InChI=1S/C23H25F2N7O2S/c1-3-11-35(33,34)32-17-10-9-16(24)20(19(17)25)30-22-21-18(27-13-28-22)12-26-23(31-21)29-15-7-5-14(4-2)6-8-15/h5,7,9-10,12-14,32H,3-4,6,8,11H2,1-2H3,(H,27,28,30). The van der Waals surface area contributed by atoms with Crippen molar-refractivity contribution in [2.75, 3.05) is 15.8 Å². The largest absolute Gasteiger partial charge is 0.333 e. The van der Waals surface area contributed by atoms with Crippen LogP contribution in [0.1, 0.15) is 39.5 Å². The quantitative estimate of drug-likeness (QED) is 0.443. The van der Waals surface area contributed by atoms with Gasteiger partial charge in [-0.15, -0.1) is 0 Å². The van der Waals surface area contributed by atoms with Crippen LogP contribution in [0.15, 0.2) is 41.8 Å². The zero-order valence-electron chi connectivity index (χ0n) is 19.3.